The second-order valence-electron chi connectivity index (χ2n) is 6.20. The van der Waals surface area contributed by atoms with E-state index >= 15 is 0 Å². The fraction of sp³-hybridized carbons (Fsp3) is 0.389. The van der Waals surface area contributed by atoms with Crippen LogP contribution in [0.3, 0.4) is 0 Å². The van der Waals surface area contributed by atoms with Crippen LogP contribution in [0.15, 0.2) is 34.8 Å². The SMILES string of the molecule is Cc1csc(C/C(N)=N/OCC(=O)N2c3ccccc3CC[C@@H]2C)n1. The van der Waals surface area contributed by atoms with Crippen molar-refractivity contribution < 1.29 is 9.63 Å². The Hall–Kier alpha value is -2.41. The van der Waals surface area contributed by atoms with Gasteiger partial charge in [-0.25, -0.2) is 4.98 Å². The van der Waals surface area contributed by atoms with Gasteiger partial charge in [0, 0.05) is 22.8 Å². The minimum Gasteiger partial charge on any atom is -0.384 e. The highest BCUT2D eigenvalue weighted by Crippen LogP contribution is 2.30. The molecule has 0 unspecified atom stereocenters. The van der Waals surface area contributed by atoms with Crippen LogP contribution in [0.2, 0.25) is 0 Å². The second kappa shape index (κ2) is 7.65. The van der Waals surface area contributed by atoms with E-state index in [-0.39, 0.29) is 18.6 Å². The Labute approximate surface area is 151 Å². The highest BCUT2D eigenvalue weighted by atomic mass is 32.1. The van der Waals surface area contributed by atoms with Crippen LogP contribution >= 0.6 is 11.3 Å². The molecule has 0 bridgehead atoms. The Kier molecular flexibility index (Phi) is 5.33. The van der Waals surface area contributed by atoms with Gasteiger partial charge in [0.25, 0.3) is 5.91 Å². The lowest BCUT2D eigenvalue weighted by Crippen LogP contribution is -2.43. The van der Waals surface area contributed by atoms with E-state index in [1.807, 2.05) is 30.5 Å². The molecule has 25 heavy (non-hydrogen) atoms. The van der Waals surface area contributed by atoms with Gasteiger partial charge >= 0.3 is 0 Å². The predicted molar refractivity (Wildman–Crippen MR) is 99.8 cm³/mol. The maximum atomic E-state index is 12.6. The van der Waals surface area contributed by atoms with E-state index in [2.05, 4.69) is 23.1 Å². The average molecular weight is 358 g/mol. The van der Waals surface area contributed by atoms with Crippen molar-refractivity contribution in [3.8, 4) is 0 Å². The zero-order valence-electron chi connectivity index (χ0n) is 14.4. The molecule has 0 saturated carbocycles. The van der Waals surface area contributed by atoms with Gasteiger partial charge in [-0.1, -0.05) is 23.4 Å². The maximum Gasteiger partial charge on any atom is 0.268 e. The van der Waals surface area contributed by atoms with Crippen LogP contribution in [-0.2, 0) is 22.5 Å². The first-order chi connectivity index (χ1) is 12.0. The molecule has 1 amide bonds. The van der Waals surface area contributed by atoms with E-state index in [1.54, 1.807) is 4.90 Å². The van der Waals surface area contributed by atoms with Gasteiger partial charge < -0.3 is 15.5 Å². The summed E-state index contributed by atoms with van der Waals surface area (Å²) in [4.78, 5) is 23.9. The van der Waals surface area contributed by atoms with Crippen molar-refractivity contribution in [2.75, 3.05) is 11.5 Å². The number of amidine groups is 1. The number of nitrogens with two attached hydrogens (primary N) is 1. The third-order valence-electron chi connectivity index (χ3n) is 4.16. The Balaban J connectivity index is 1.60. The summed E-state index contributed by atoms with van der Waals surface area (Å²) in [5.74, 6) is 0.204. The predicted octanol–water partition coefficient (Wildman–Crippen LogP) is 2.65. The van der Waals surface area contributed by atoms with Gasteiger partial charge in [-0.2, -0.15) is 0 Å². The number of carbonyl (C=O) groups is 1. The molecular weight excluding hydrogens is 336 g/mol. The van der Waals surface area contributed by atoms with Gasteiger partial charge in [-0.15, -0.1) is 11.3 Å². The first kappa shape index (κ1) is 17.4. The number of hydrogen-bond acceptors (Lipinski definition) is 5. The lowest BCUT2D eigenvalue weighted by Gasteiger charge is -2.34. The van der Waals surface area contributed by atoms with E-state index in [0.29, 0.717) is 12.3 Å². The average Bonchev–Trinajstić information content (AvgIpc) is 2.99. The number of aromatic nitrogens is 1. The number of fused-ring (bicyclic) bond motifs is 1. The molecule has 1 aromatic heterocycles. The number of rotatable bonds is 5. The van der Waals surface area contributed by atoms with Crippen molar-refractivity contribution in [2.45, 2.75) is 39.2 Å². The Bertz CT molecular complexity index is 787. The highest BCUT2D eigenvalue weighted by Gasteiger charge is 2.28. The molecule has 7 heteroatoms. The molecule has 0 saturated heterocycles. The smallest absolute Gasteiger partial charge is 0.268 e. The van der Waals surface area contributed by atoms with Crippen LogP contribution in [0.25, 0.3) is 0 Å². The minimum atomic E-state index is -0.129. The molecule has 2 aromatic rings. The summed E-state index contributed by atoms with van der Waals surface area (Å²) in [5.41, 5.74) is 8.96. The van der Waals surface area contributed by atoms with Gasteiger partial charge in [0.15, 0.2) is 6.61 Å². The van der Waals surface area contributed by atoms with Gasteiger partial charge in [-0.3, -0.25) is 4.79 Å². The number of benzene rings is 1. The molecule has 0 radical (unpaired) electrons. The van der Waals surface area contributed by atoms with Crippen LogP contribution in [-0.4, -0.2) is 29.4 Å². The Morgan fingerprint density at radius 1 is 1.48 bits per heavy atom. The number of hydrogen-bond donors (Lipinski definition) is 1. The van der Waals surface area contributed by atoms with E-state index < -0.39 is 0 Å². The zero-order valence-corrected chi connectivity index (χ0v) is 15.3. The standard InChI is InChI=1S/C18H22N4O2S/c1-12-11-25-17(20-12)9-16(19)21-24-10-18(23)22-13(2)7-8-14-5-3-4-6-15(14)22/h3-6,11,13H,7-10H2,1-2H3,(H2,19,21)/t13-/m0/s1. The lowest BCUT2D eigenvalue weighted by molar-refractivity contribution is -0.123. The normalized spacial score (nSPS) is 17.3. The van der Waals surface area contributed by atoms with Crippen LogP contribution in [0.4, 0.5) is 5.69 Å². The van der Waals surface area contributed by atoms with Crippen molar-refractivity contribution in [3.63, 3.8) is 0 Å². The molecule has 2 heterocycles. The largest absolute Gasteiger partial charge is 0.384 e. The summed E-state index contributed by atoms with van der Waals surface area (Å²) in [6.45, 7) is 3.85. The molecule has 3 rings (SSSR count). The first-order valence-electron chi connectivity index (χ1n) is 8.30. The summed E-state index contributed by atoms with van der Waals surface area (Å²) >= 11 is 1.53. The van der Waals surface area contributed by atoms with Crippen molar-refractivity contribution in [3.05, 3.63) is 45.9 Å². The topological polar surface area (TPSA) is 80.8 Å². The lowest BCUT2D eigenvalue weighted by atomic mass is 9.96. The maximum absolute atomic E-state index is 12.6. The van der Waals surface area contributed by atoms with Gasteiger partial charge in [-0.05, 0) is 38.3 Å². The molecule has 1 aliphatic heterocycles. The number of thiazole rings is 1. The summed E-state index contributed by atoms with van der Waals surface area (Å²) < 4.78 is 0. The fourth-order valence-corrected chi connectivity index (χ4v) is 3.77. The van der Waals surface area contributed by atoms with E-state index in [9.17, 15) is 4.79 Å². The van der Waals surface area contributed by atoms with E-state index in [0.717, 1.165) is 29.2 Å². The monoisotopic (exact) mass is 358 g/mol. The van der Waals surface area contributed by atoms with Crippen molar-refractivity contribution >= 4 is 28.8 Å². The number of amides is 1. The zero-order chi connectivity index (χ0) is 17.8. The summed E-state index contributed by atoms with van der Waals surface area (Å²) in [5, 5.41) is 6.70. The van der Waals surface area contributed by atoms with Crippen LogP contribution < -0.4 is 10.6 Å². The molecule has 0 fully saturated rings. The number of oxime groups is 1. The Morgan fingerprint density at radius 3 is 3.04 bits per heavy atom. The molecular formula is C18H22N4O2S. The summed E-state index contributed by atoms with van der Waals surface area (Å²) in [6.07, 6.45) is 2.35. The van der Waals surface area contributed by atoms with Gasteiger partial charge in [0.1, 0.15) is 10.8 Å². The van der Waals surface area contributed by atoms with Crippen molar-refractivity contribution in [1.29, 1.82) is 0 Å². The molecule has 1 aliphatic rings. The quantitative estimate of drug-likeness (QED) is 0.506. The van der Waals surface area contributed by atoms with Crippen LogP contribution in [0, 0.1) is 6.92 Å². The van der Waals surface area contributed by atoms with E-state index in [4.69, 9.17) is 10.6 Å². The fourth-order valence-electron chi connectivity index (χ4n) is 2.98. The number of aryl methyl sites for hydroxylation is 2. The minimum absolute atomic E-state index is 0.110. The number of para-hydroxylation sites is 1. The van der Waals surface area contributed by atoms with Gasteiger partial charge in [0.2, 0.25) is 0 Å². The molecule has 1 aromatic carbocycles. The van der Waals surface area contributed by atoms with Crippen molar-refractivity contribution in [1.82, 2.24) is 4.98 Å². The number of carbonyl (C=O) groups excluding carboxylic acids is 1. The van der Waals surface area contributed by atoms with E-state index in [1.165, 1.54) is 16.9 Å². The van der Waals surface area contributed by atoms with Gasteiger partial charge in [0.05, 0.1) is 6.42 Å². The Morgan fingerprint density at radius 2 is 2.28 bits per heavy atom. The summed E-state index contributed by atoms with van der Waals surface area (Å²) in [6, 6.07) is 8.13. The third kappa shape index (κ3) is 4.17. The summed E-state index contributed by atoms with van der Waals surface area (Å²) in [7, 11) is 0. The number of nitrogens with zero attached hydrogens (tertiary/aromatic N) is 3. The van der Waals surface area contributed by atoms with Crippen LogP contribution in [0.5, 0.6) is 0 Å². The molecule has 0 spiro atoms. The highest BCUT2D eigenvalue weighted by molar-refractivity contribution is 7.09. The molecule has 0 aliphatic carbocycles. The van der Waals surface area contributed by atoms with Crippen LogP contribution in [0.1, 0.15) is 29.6 Å². The second-order valence-corrected chi connectivity index (χ2v) is 7.14. The number of anilines is 1. The molecule has 1 atom stereocenters. The first-order valence-corrected chi connectivity index (χ1v) is 9.18. The molecule has 2 N–H and O–H groups in total. The molecule has 6 nitrogen and oxygen atoms in total. The molecule has 132 valence electrons. The van der Waals surface area contributed by atoms with Crippen molar-refractivity contribution in [2.24, 2.45) is 10.9 Å². The third-order valence-corrected chi connectivity index (χ3v) is 5.13.